The van der Waals surface area contributed by atoms with Gasteiger partial charge in [-0.3, -0.25) is 9.59 Å². The Labute approximate surface area is 202 Å². The summed E-state index contributed by atoms with van der Waals surface area (Å²) in [6.45, 7) is 6.25. The predicted molar refractivity (Wildman–Crippen MR) is 134 cm³/mol. The van der Waals surface area contributed by atoms with Crippen LogP contribution in [-0.4, -0.2) is 47.7 Å². The summed E-state index contributed by atoms with van der Waals surface area (Å²) in [6, 6.07) is 12.6. The summed E-state index contributed by atoms with van der Waals surface area (Å²) in [5.41, 5.74) is 3.23. The molecule has 1 aromatic heterocycles. The maximum Gasteiger partial charge on any atom is 0.223 e. The minimum Gasteiger partial charge on any atom is -0.356 e. The molecule has 2 aliphatic rings. The Hall–Kier alpha value is -2.96. The Morgan fingerprint density at radius 3 is 2.44 bits per heavy atom. The zero-order valence-electron chi connectivity index (χ0n) is 20.4. The van der Waals surface area contributed by atoms with Crippen molar-refractivity contribution < 1.29 is 9.59 Å². The molecule has 2 fully saturated rings. The number of hydrogen-bond acceptors (Lipinski definition) is 5. The number of rotatable bonds is 7. The van der Waals surface area contributed by atoms with Gasteiger partial charge in [-0.25, -0.2) is 0 Å². The first-order valence-corrected chi connectivity index (χ1v) is 12.8. The number of aryl methyl sites for hydroxylation is 1. The van der Waals surface area contributed by atoms with Crippen LogP contribution in [0, 0.1) is 11.8 Å². The molecule has 2 amide bonds. The van der Waals surface area contributed by atoms with Crippen LogP contribution in [0.4, 0.5) is 5.82 Å². The van der Waals surface area contributed by atoms with Gasteiger partial charge in [0.05, 0.1) is 5.69 Å². The van der Waals surface area contributed by atoms with E-state index in [1.54, 1.807) is 0 Å². The molecule has 7 nitrogen and oxygen atoms in total. The van der Waals surface area contributed by atoms with Crippen molar-refractivity contribution in [2.24, 2.45) is 11.8 Å². The molecule has 1 saturated carbocycles. The summed E-state index contributed by atoms with van der Waals surface area (Å²) in [4.78, 5) is 27.5. The number of anilines is 1. The van der Waals surface area contributed by atoms with Crippen LogP contribution in [0.2, 0.25) is 0 Å². The molecule has 1 aromatic carbocycles. The quantitative estimate of drug-likeness (QED) is 0.653. The Morgan fingerprint density at radius 1 is 0.971 bits per heavy atom. The van der Waals surface area contributed by atoms with Gasteiger partial charge in [-0.1, -0.05) is 43.7 Å². The minimum atomic E-state index is 0.00384. The summed E-state index contributed by atoms with van der Waals surface area (Å²) in [5, 5.41) is 15.2. The minimum absolute atomic E-state index is 0.00384. The largest absolute Gasteiger partial charge is 0.356 e. The van der Waals surface area contributed by atoms with Gasteiger partial charge in [0, 0.05) is 43.1 Å². The molecule has 1 aliphatic carbocycles. The number of nitrogens with one attached hydrogen (secondary N) is 2. The van der Waals surface area contributed by atoms with Gasteiger partial charge in [0.2, 0.25) is 11.8 Å². The zero-order chi connectivity index (χ0) is 23.9. The van der Waals surface area contributed by atoms with E-state index in [0.717, 1.165) is 80.7 Å². The summed E-state index contributed by atoms with van der Waals surface area (Å²) in [7, 11) is 0. The number of benzene rings is 1. The second-order valence-electron chi connectivity index (χ2n) is 9.52. The fourth-order valence-corrected chi connectivity index (χ4v) is 5.21. The van der Waals surface area contributed by atoms with Crippen LogP contribution < -0.4 is 15.5 Å². The van der Waals surface area contributed by atoms with E-state index in [9.17, 15) is 9.59 Å². The van der Waals surface area contributed by atoms with Crippen molar-refractivity contribution in [3.05, 3.63) is 42.1 Å². The average molecular weight is 464 g/mol. The van der Waals surface area contributed by atoms with Crippen molar-refractivity contribution in [2.45, 2.75) is 64.8 Å². The van der Waals surface area contributed by atoms with Crippen LogP contribution in [0.1, 0.15) is 58.1 Å². The molecule has 0 bridgehead atoms. The zero-order valence-corrected chi connectivity index (χ0v) is 20.4. The molecular formula is C27H37N5O2. The molecule has 2 atom stereocenters. The molecular weight excluding hydrogens is 426 g/mol. The van der Waals surface area contributed by atoms with Crippen LogP contribution in [-0.2, 0) is 16.0 Å². The number of carbonyl (C=O) groups is 2. The lowest BCUT2D eigenvalue weighted by Crippen LogP contribution is -2.46. The number of piperidine rings is 1. The normalized spacial score (nSPS) is 21.2. The maximum atomic E-state index is 13.0. The topological polar surface area (TPSA) is 87.2 Å². The monoisotopic (exact) mass is 463 g/mol. The Balaban J connectivity index is 1.36. The highest BCUT2D eigenvalue weighted by Gasteiger charge is 2.31. The predicted octanol–water partition coefficient (Wildman–Crippen LogP) is 3.73. The molecule has 0 unspecified atom stereocenters. The van der Waals surface area contributed by atoms with E-state index in [1.165, 1.54) is 0 Å². The summed E-state index contributed by atoms with van der Waals surface area (Å²) in [5.74, 6) is 1.18. The molecule has 182 valence electrons. The van der Waals surface area contributed by atoms with Crippen molar-refractivity contribution in [2.75, 3.05) is 24.5 Å². The highest BCUT2D eigenvalue weighted by molar-refractivity contribution is 5.81. The van der Waals surface area contributed by atoms with Crippen LogP contribution in [0.3, 0.4) is 0 Å². The number of carbonyl (C=O) groups excluding carboxylic acids is 2. The van der Waals surface area contributed by atoms with E-state index in [4.69, 9.17) is 0 Å². The third-order valence-electron chi connectivity index (χ3n) is 7.18. The van der Waals surface area contributed by atoms with Crippen LogP contribution >= 0.6 is 0 Å². The van der Waals surface area contributed by atoms with Gasteiger partial charge < -0.3 is 15.5 Å². The number of hydrogen-bond donors (Lipinski definition) is 2. The molecule has 2 aromatic rings. The maximum absolute atomic E-state index is 13.0. The highest BCUT2D eigenvalue weighted by Crippen LogP contribution is 2.32. The Kier molecular flexibility index (Phi) is 8.14. The molecule has 1 aliphatic heterocycles. The number of amides is 2. The smallest absolute Gasteiger partial charge is 0.223 e. The van der Waals surface area contributed by atoms with Crippen LogP contribution in [0.25, 0.3) is 11.1 Å². The standard InChI is InChI=1S/C27H37N5O2/c1-3-22-18-24(19-9-6-5-7-10-19)25(31-30-22)32-15-13-20(14-16-32)27(34)29-23-12-8-11-21(17-23)26(33)28-4-2/h5-7,9-10,18,20-21,23H,3-4,8,11-17H2,1-2H3,(H,28,33)(H,29,34)/t21-,23-/m0/s1. The molecule has 7 heteroatoms. The summed E-state index contributed by atoms with van der Waals surface area (Å²) in [6.07, 6.45) is 6.04. The average Bonchev–Trinajstić information content (AvgIpc) is 2.89. The molecule has 0 radical (unpaired) electrons. The van der Waals surface area contributed by atoms with E-state index >= 15 is 0 Å². The van der Waals surface area contributed by atoms with Gasteiger partial charge in [0.15, 0.2) is 5.82 Å². The lowest BCUT2D eigenvalue weighted by molar-refractivity contribution is -0.129. The van der Waals surface area contributed by atoms with E-state index in [0.29, 0.717) is 6.54 Å². The third-order valence-corrected chi connectivity index (χ3v) is 7.18. The third kappa shape index (κ3) is 5.75. The number of nitrogens with zero attached hydrogens (tertiary/aromatic N) is 3. The lowest BCUT2D eigenvalue weighted by atomic mass is 9.84. The lowest BCUT2D eigenvalue weighted by Gasteiger charge is -2.35. The molecule has 1 saturated heterocycles. The van der Waals surface area contributed by atoms with Gasteiger partial charge in [-0.05, 0) is 57.1 Å². The van der Waals surface area contributed by atoms with Crippen molar-refractivity contribution in [1.29, 1.82) is 0 Å². The highest BCUT2D eigenvalue weighted by atomic mass is 16.2. The van der Waals surface area contributed by atoms with Gasteiger partial charge >= 0.3 is 0 Å². The Bertz CT molecular complexity index is 972. The first-order valence-electron chi connectivity index (χ1n) is 12.8. The SMILES string of the molecule is CCNC(=O)[C@H]1CCC[C@H](NC(=O)C2CCN(c3nnc(CC)cc3-c3ccccc3)CC2)C1. The molecule has 0 spiro atoms. The first kappa shape index (κ1) is 24.2. The second-order valence-corrected chi connectivity index (χ2v) is 9.52. The van der Waals surface area contributed by atoms with Crippen LogP contribution in [0.15, 0.2) is 36.4 Å². The van der Waals surface area contributed by atoms with E-state index in [2.05, 4.69) is 50.9 Å². The van der Waals surface area contributed by atoms with Crippen molar-refractivity contribution in [3.8, 4) is 11.1 Å². The molecule has 34 heavy (non-hydrogen) atoms. The van der Waals surface area contributed by atoms with Gasteiger partial charge in [0.25, 0.3) is 0 Å². The fraction of sp³-hybridized carbons (Fsp3) is 0.556. The number of aromatic nitrogens is 2. The van der Waals surface area contributed by atoms with E-state index in [-0.39, 0.29) is 29.7 Å². The molecule has 2 heterocycles. The fourth-order valence-electron chi connectivity index (χ4n) is 5.21. The van der Waals surface area contributed by atoms with Gasteiger partial charge in [0.1, 0.15) is 0 Å². The first-order chi connectivity index (χ1) is 16.6. The van der Waals surface area contributed by atoms with E-state index < -0.39 is 0 Å². The van der Waals surface area contributed by atoms with E-state index in [1.807, 2.05) is 25.1 Å². The summed E-state index contributed by atoms with van der Waals surface area (Å²) >= 11 is 0. The second kappa shape index (κ2) is 11.4. The van der Waals surface area contributed by atoms with Crippen molar-refractivity contribution in [1.82, 2.24) is 20.8 Å². The van der Waals surface area contributed by atoms with Crippen molar-refractivity contribution >= 4 is 17.6 Å². The summed E-state index contributed by atoms with van der Waals surface area (Å²) < 4.78 is 0. The molecule has 4 rings (SSSR count). The van der Waals surface area contributed by atoms with Gasteiger partial charge in [-0.15, -0.1) is 5.10 Å². The van der Waals surface area contributed by atoms with Crippen LogP contribution in [0.5, 0.6) is 0 Å². The molecule has 2 N–H and O–H groups in total. The van der Waals surface area contributed by atoms with Gasteiger partial charge in [-0.2, -0.15) is 5.10 Å². The van der Waals surface area contributed by atoms with Crippen molar-refractivity contribution in [3.63, 3.8) is 0 Å². The Morgan fingerprint density at radius 2 is 1.74 bits per heavy atom.